The second-order valence-corrected chi connectivity index (χ2v) is 8.23. The molecule has 0 N–H and O–H groups in total. The maximum Gasteiger partial charge on any atom is 0.337 e. The Balaban J connectivity index is 1.38. The van der Waals surface area contributed by atoms with E-state index in [9.17, 15) is 9.59 Å². The zero-order valence-corrected chi connectivity index (χ0v) is 15.6. The first kappa shape index (κ1) is 17.5. The number of nitrogens with zero attached hydrogens (tertiary/aromatic N) is 2. The molecule has 140 valence electrons. The van der Waals surface area contributed by atoms with Crippen LogP contribution in [0.1, 0.15) is 48.0 Å². The number of rotatable bonds is 5. The van der Waals surface area contributed by atoms with E-state index in [2.05, 4.69) is 9.80 Å². The van der Waals surface area contributed by atoms with Crippen LogP contribution in [-0.2, 0) is 16.1 Å². The van der Waals surface area contributed by atoms with Gasteiger partial charge in [0.25, 0.3) is 0 Å². The molecule has 3 fully saturated rings. The topological polar surface area (TPSA) is 49.9 Å². The zero-order valence-electron chi connectivity index (χ0n) is 15.6. The molecule has 3 aliphatic rings. The first-order valence-corrected chi connectivity index (χ1v) is 9.79. The molecule has 2 aliphatic heterocycles. The quantitative estimate of drug-likeness (QED) is 0.761. The molecule has 1 amide bonds. The normalized spacial score (nSPS) is 26.5. The van der Waals surface area contributed by atoms with Crippen LogP contribution in [0.5, 0.6) is 0 Å². The molecule has 5 nitrogen and oxygen atoms in total. The summed E-state index contributed by atoms with van der Waals surface area (Å²) in [5.74, 6) is 0.861. The molecule has 4 rings (SSSR count). The molecule has 1 atom stereocenters. The van der Waals surface area contributed by atoms with Crippen molar-refractivity contribution in [2.45, 2.75) is 38.6 Å². The lowest BCUT2D eigenvalue weighted by Crippen LogP contribution is -2.50. The number of piperidine rings is 1. The highest BCUT2D eigenvalue weighted by Gasteiger charge is 2.48. The Hall–Kier alpha value is -1.88. The Labute approximate surface area is 155 Å². The number of hydrogen-bond acceptors (Lipinski definition) is 4. The molecule has 1 aromatic carbocycles. The van der Waals surface area contributed by atoms with E-state index in [0.717, 1.165) is 57.9 Å². The number of hydrogen-bond donors (Lipinski definition) is 0. The average molecular weight is 356 g/mol. The minimum absolute atomic E-state index is 0.154. The van der Waals surface area contributed by atoms with Crippen molar-refractivity contribution in [2.24, 2.45) is 11.3 Å². The third-order valence-electron chi connectivity index (χ3n) is 6.21. The molecule has 0 bridgehead atoms. The second kappa shape index (κ2) is 7.03. The Morgan fingerprint density at radius 3 is 2.65 bits per heavy atom. The predicted octanol–water partition coefficient (Wildman–Crippen LogP) is 2.70. The second-order valence-electron chi connectivity index (χ2n) is 8.23. The van der Waals surface area contributed by atoms with Gasteiger partial charge in [0.05, 0.1) is 18.1 Å². The van der Waals surface area contributed by atoms with Gasteiger partial charge < -0.3 is 9.64 Å². The van der Waals surface area contributed by atoms with Gasteiger partial charge in [0.1, 0.15) is 0 Å². The summed E-state index contributed by atoms with van der Waals surface area (Å²) in [7, 11) is 1.40. The SMILES string of the molecule is COC(=O)c1ccc(CN2CCC3(CCCN(CC4CC4)C3=O)C2)cc1. The molecule has 1 saturated carbocycles. The number of methoxy groups -OCH3 is 1. The summed E-state index contributed by atoms with van der Waals surface area (Å²) in [6.07, 6.45) is 5.74. The summed E-state index contributed by atoms with van der Waals surface area (Å²) < 4.78 is 4.75. The smallest absolute Gasteiger partial charge is 0.337 e. The van der Waals surface area contributed by atoms with Crippen molar-refractivity contribution in [3.63, 3.8) is 0 Å². The largest absolute Gasteiger partial charge is 0.465 e. The molecule has 2 saturated heterocycles. The van der Waals surface area contributed by atoms with Crippen LogP contribution in [0.3, 0.4) is 0 Å². The van der Waals surface area contributed by atoms with Gasteiger partial charge >= 0.3 is 5.97 Å². The summed E-state index contributed by atoms with van der Waals surface area (Å²) in [5.41, 5.74) is 1.60. The third kappa shape index (κ3) is 3.50. The van der Waals surface area contributed by atoms with E-state index < -0.39 is 0 Å². The van der Waals surface area contributed by atoms with E-state index in [4.69, 9.17) is 4.74 Å². The molecule has 1 aromatic rings. The van der Waals surface area contributed by atoms with Crippen LogP contribution in [0.2, 0.25) is 0 Å². The van der Waals surface area contributed by atoms with Crippen molar-refractivity contribution in [1.29, 1.82) is 0 Å². The summed E-state index contributed by atoms with van der Waals surface area (Å²) in [4.78, 5) is 29.2. The van der Waals surface area contributed by atoms with Gasteiger partial charge in [-0.05, 0) is 62.3 Å². The van der Waals surface area contributed by atoms with Crippen LogP contribution in [0, 0.1) is 11.3 Å². The van der Waals surface area contributed by atoms with Crippen LogP contribution >= 0.6 is 0 Å². The maximum atomic E-state index is 13.1. The van der Waals surface area contributed by atoms with Gasteiger partial charge in [0.2, 0.25) is 5.91 Å². The van der Waals surface area contributed by atoms with E-state index in [1.165, 1.54) is 25.5 Å². The van der Waals surface area contributed by atoms with Gasteiger partial charge in [-0.3, -0.25) is 9.69 Å². The molecule has 5 heteroatoms. The van der Waals surface area contributed by atoms with Gasteiger partial charge in [-0.15, -0.1) is 0 Å². The lowest BCUT2D eigenvalue weighted by atomic mass is 9.78. The predicted molar refractivity (Wildman–Crippen MR) is 98.6 cm³/mol. The minimum atomic E-state index is -0.305. The fourth-order valence-electron chi connectivity index (χ4n) is 4.53. The fraction of sp³-hybridized carbons (Fsp3) is 0.619. The van der Waals surface area contributed by atoms with Crippen LogP contribution < -0.4 is 0 Å². The first-order valence-electron chi connectivity index (χ1n) is 9.79. The average Bonchev–Trinajstić information content (AvgIpc) is 3.39. The van der Waals surface area contributed by atoms with Crippen molar-refractivity contribution in [3.05, 3.63) is 35.4 Å². The van der Waals surface area contributed by atoms with Crippen LogP contribution in [0.25, 0.3) is 0 Å². The highest BCUT2D eigenvalue weighted by Crippen LogP contribution is 2.42. The van der Waals surface area contributed by atoms with Gasteiger partial charge in [-0.1, -0.05) is 12.1 Å². The van der Waals surface area contributed by atoms with Crippen LogP contribution in [0.4, 0.5) is 0 Å². The van der Waals surface area contributed by atoms with Gasteiger partial charge in [0, 0.05) is 26.2 Å². The van der Waals surface area contributed by atoms with E-state index in [0.29, 0.717) is 11.5 Å². The lowest BCUT2D eigenvalue weighted by molar-refractivity contribution is -0.145. The number of esters is 1. The Morgan fingerprint density at radius 1 is 1.19 bits per heavy atom. The lowest BCUT2D eigenvalue weighted by Gasteiger charge is -2.39. The van der Waals surface area contributed by atoms with E-state index in [1.54, 1.807) is 0 Å². The van der Waals surface area contributed by atoms with Gasteiger partial charge in [-0.25, -0.2) is 4.79 Å². The highest BCUT2D eigenvalue weighted by atomic mass is 16.5. The Kier molecular flexibility index (Phi) is 4.74. The summed E-state index contributed by atoms with van der Waals surface area (Å²) in [5, 5.41) is 0. The zero-order chi connectivity index (χ0) is 18.1. The van der Waals surface area contributed by atoms with Gasteiger partial charge in [-0.2, -0.15) is 0 Å². The summed E-state index contributed by atoms with van der Waals surface area (Å²) in [6.45, 7) is 4.61. The van der Waals surface area contributed by atoms with Crippen LogP contribution in [0.15, 0.2) is 24.3 Å². The molecule has 1 aliphatic carbocycles. The Bertz CT molecular complexity index is 683. The van der Waals surface area contributed by atoms with Crippen molar-refractivity contribution in [1.82, 2.24) is 9.80 Å². The van der Waals surface area contributed by atoms with Crippen molar-refractivity contribution < 1.29 is 14.3 Å². The molecule has 0 radical (unpaired) electrons. The minimum Gasteiger partial charge on any atom is -0.465 e. The van der Waals surface area contributed by atoms with E-state index >= 15 is 0 Å². The highest BCUT2D eigenvalue weighted by molar-refractivity contribution is 5.89. The monoisotopic (exact) mass is 356 g/mol. The fourth-order valence-corrected chi connectivity index (χ4v) is 4.53. The molecule has 26 heavy (non-hydrogen) atoms. The Morgan fingerprint density at radius 2 is 1.96 bits per heavy atom. The van der Waals surface area contributed by atoms with E-state index in [1.807, 2.05) is 24.3 Å². The molecule has 2 heterocycles. The van der Waals surface area contributed by atoms with Crippen molar-refractivity contribution in [2.75, 3.05) is 33.3 Å². The van der Waals surface area contributed by atoms with E-state index in [-0.39, 0.29) is 11.4 Å². The van der Waals surface area contributed by atoms with Crippen LogP contribution in [-0.4, -0.2) is 55.0 Å². The standard InChI is InChI=1S/C21H28N2O3/c1-26-19(24)18-7-5-16(6-8-18)13-22-12-10-21(15-22)9-2-11-23(20(21)25)14-17-3-4-17/h5-8,17H,2-4,9-15H2,1H3. The molecule has 1 spiro atoms. The molecular weight excluding hydrogens is 328 g/mol. The number of likely N-dealkylation sites (tertiary alicyclic amines) is 2. The summed E-state index contributed by atoms with van der Waals surface area (Å²) >= 11 is 0. The van der Waals surface area contributed by atoms with Gasteiger partial charge in [0.15, 0.2) is 0 Å². The molecular formula is C21H28N2O3. The number of benzene rings is 1. The van der Waals surface area contributed by atoms with Crippen molar-refractivity contribution >= 4 is 11.9 Å². The third-order valence-corrected chi connectivity index (χ3v) is 6.21. The number of amides is 1. The molecule has 1 unspecified atom stereocenters. The number of carbonyl (C=O) groups is 2. The maximum absolute atomic E-state index is 13.1. The molecule has 0 aromatic heterocycles. The first-order chi connectivity index (χ1) is 12.6. The summed E-state index contributed by atoms with van der Waals surface area (Å²) in [6, 6.07) is 7.60. The number of carbonyl (C=O) groups excluding carboxylic acids is 2. The number of ether oxygens (including phenoxy) is 1. The van der Waals surface area contributed by atoms with Crippen molar-refractivity contribution in [3.8, 4) is 0 Å².